The number of nitrogens with two attached hydrogens (primary N) is 1. The highest BCUT2D eigenvalue weighted by atomic mass is 32.1. The number of para-hydroxylation sites is 1. The molecule has 0 saturated carbocycles. The molecular formula is C22H24N8O2S. The summed E-state index contributed by atoms with van der Waals surface area (Å²) in [7, 11) is 0. The molecule has 0 unspecified atom stereocenters. The molecule has 4 aromatic rings. The molecule has 0 aliphatic carbocycles. The third kappa shape index (κ3) is 4.12. The lowest BCUT2D eigenvalue weighted by molar-refractivity contribution is 0.0989. The van der Waals surface area contributed by atoms with Crippen molar-refractivity contribution in [3.63, 3.8) is 0 Å². The van der Waals surface area contributed by atoms with Crippen molar-refractivity contribution in [2.75, 3.05) is 11.9 Å². The van der Waals surface area contributed by atoms with Gasteiger partial charge in [-0.05, 0) is 19.1 Å². The fraction of sp³-hybridized carbons (Fsp3) is 0.318. The van der Waals surface area contributed by atoms with Gasteiger partial charge in [-0.3, -0.25) is 19.8 Å². The van der Waals surface area contributed by atoms with Gasteiger partial charge in [0.25, 0.3) is 11.8 Å². The Bertz CT molecular complexity index is 1370. The van der Waals surface area contributed by atoms with Crippen LogP contribution in [0.2, 0.25) is 0 Å². The van der Waals surface area contributed by atoms with Gasteiger partial charge < -0.3 is 15.7 Å². The van der Waals surface area contributed by atoms with E-state index in [1.165, 1.54) is 11.3 Å². The van der Waals surface area contributed by atoms with E-state index >= 15 is 0 Å². The summed E-state index contributed by atoms with van der Waals surface area (Å²) in [6, 6.07) is 5.13. The summed E-state index contributed by atoms with van der Waals surface area (Å²) < 4.78 is 0. The van der Waals surface area contributed by atoms with E-state index in [2.05, 4.69) is 42.1 Å². The van der Waals surface area contributed by atoms with E-state index in [4.69, 9.17) is 5.73 Å². The number of primary amides is 1. The molecule has 0 radical (unpaired) electrons. The molecule has 33 heavy (non-hydrogen) atoms. The van der Waals surface area contributed by atoms with E-state index in [1.54, 1.807) is 18.2 Å². The Balaban J connectivity index is 1.31. The molecule has 1 aromatic carbocycles. The first-order valence-corrected chi connectivity index (χ1v) is 11.6. The zero-order chi connectivity index (χ0) is 23.1. The number of H-pyrrole nitrogens is 2. The largest absolute Gasteiger partial charge is 0.363 e. The van der Waals surface area contributed by atoms with Gasteiger partial charge in [-0.25, -0.2) is 15.0 Å². The summed E-state index contributed by atoms with van der Waals surface area (Å²) in [4.78, 5) is 47.6. The van der Waals surface area contributed by atoms with E-state index in [1.807, 2.05) is 6.92 Å². The predicted molar refractivity (Wildman–Crippen MR) is 125 cm³/mol. The van der Waals surface area contributed by atoms with Crippen LogP contribution in [0.15, 0.2) is 18.2 Å². The van der Waals surface area contributed by atoms with Crippen molar-refractivity contribution in [2.24, 2.45) is 5.73 Å². The third-order valence-corrected chi connectivity index (χ3v) is 6.77. The SMILES string of the molecule is CCc1nc(C)c(CN2CCc3nc(NC(=O)c4cccc5[nH]c(C(N)=O)nc45)sc3C2)[nH]1. The number of hydrogen-bond donors (Lipinski definition) is 4. The maximum Gasteiger partial charge on any atom is 0.284 e. The molecule has 4 heterocycles. The van der Waals surface area contributed by atoms with E-state index < -0.39 is 5.91 Å². The van der Waals surface area contributed by atoms with Crippen molar-refractivity contribution >= 4 is 39.3 Å². The minimum absolute atomic E-state index is 0.0219. The number of aromatic nitrogens is 5. The Hall–Kier alpha value is -3.57. The fourth-order valence-electron chi connectivity index (χ4n) is 4.04. The maximum absolute atomic E-state index is 13.0. The smallest absolute Gasteiger partial charge is 0.284 e. The molecular weight excluding hydrogens is 440 g/mol. The van der Waals surface area contributed by atoms with Crippen LogP contribution in [0.5, 0.6) is 0 Å². The van der Waals surface area contributed by atoms with Crippen molar-refractivity contribution in [1.82, 2.24) is 29.8 Å². The van der Waals surface area contributed by atoms with E-state index in [0.29, 0.717) is 21.7 Å². The minimum atomic E-state index is -0.675. The molecule has 5 rings (SSSR count). The van der Waals surface area contributed by atoms with Crippen molar-refractivity contribution < 1.29 is 9.59 Å². The molecule has 5 N–H and O–H groups in total. The second kappa shape index (κ2) is 8.41. The maximum atomic E-state index is 13.0. The number of benzene rings is 1. The van der Waals surface area contributed by atoms with Crippen LogP contribution in [0.4, 0.5) is 5.13 Å². The number of nitrogens with one attached hydrogen (secondary N) is 3. The van der Waals surface area contributed by atoms with Gasteiger partial charge in [-0.15, -0.1) is 11.3 Å². The highest BCUT2D eigenvalue weighted by Crippen LogP contribution is 2.30. The first-order valence-electron chi connectivity index (χ1n) is 10.8. The molecule has 0 atom stereocenters. The summed E-state index contributed by atoms with van der Waals surface area (Å²) in [5.74, 6) is 0.0312. The van der Waals surface area contributed by atoms with Crippen molar-refractivity contribution in [3.05, 3.63) is 57.4 Å². The Morgan fingerprint density at radius 3 is 2.85 bits per heavy atom. The molecule has 1 aliphatic heterocycles. The Labute approximate surface area is 193 Å². The average Bonchev–Trinajstić information content (AvgIpc) is 3.49. The van der Waals surface area contributed by atoms with E-state index in [0.717, 1.165) is 60.3 Å². The molecule has 11 heteroatoms. The number of amides is 2. The normalized spacial score (nSPS) is 13.9. The van der Waals surface area contributed by atoms with Crippen LogP contribution in [-0.4, -0.2) is 48.2 Å². The van der Waals surface area contributed by atoms with Gasteiger partial charge >= 0.3 is 0 Å². The molecule has 170 valence electrons. The molecule has 0 spiro atoms. The number of aromatic amines is 2. The van der Waals surface area contributed by atoms with Gasteiger partial charge in [0.15, 0.2) is 11.0 Å². The lowest BCUT2D eigenvalue weighted by Crippen LogP contribution is -2.29. The monoisotopic (exact) mass is 464 g/mol. The van der Waals surface area contributed by atoms with Crippen LogP contribution < -0.4 is 11.1 Å². The molecule has 2 amide bonds. The molecule has 10 nitrogen and oxygen atoms in total. The Morgan fingerprint density at radius 2 is 2.09 bits per heavy atom. The van der Waals surface area contributed by atoms with Gasteiger partial charge in [0, 0.05) is 37.4 Å². The number of fused-ring (bicyclic) bond motifs is 2. The molecule has 0 bridgehead atoms. The number of carbonyl (C=O) groups excluding carboxylic acids is 2. The summed E-state index contributed by atoms with van der Waals surface area (Å²) in [6.45, 7) is 6.60. The number of imidazole rings is 2. The van der Waals surface area contributed by atoms with E-state index in [-0.39, 0.29) is 11.7 Å². The zero-order valence-corrected chi connectivity index (χ0v) is 19.2. The molecule has 0 saturated heterocycles. The number of carbonyl (C=O) groups is 2. The first kappa shape index (κ1) is 21.3. The number of anilines is 1. The lowest BCUT2D eigenvalue weighted by Gasteiger charge is -2.25. The van der Waals surface area contributed by atoms with Gasteiger partial charge in [-0.2, -0.15) is 0 Å². The number of aryl methyl sites for hydroxylation is 2. The molecule has 3 aromatic heterocycles. The lowest BCUT2D eigenvalue weighted by atomic mass is 10.1. The van der Waals surface area contributed by atoms with Gasteiger partial charge in [0.1, 0.15) is 11.3 Å². The minimum Gasteiger partial charge on any atom is -0.363 e. The van der Waals surface area contributed by atoms with Crippen molar-refractivity contribution in [2.45, 2.75) is 39.8 Å². The highest BCUT2D eigenvalue weighted by molar-refractivity contribution is 7.15. The summed E-state index contributed by atoms with van der Waals surface area (Å²) in [5, 5.41) is 3.45. The first-order chi connectivity index (χ1) is 15.9. The van der Waals surface area contributed by atoms with Crippen LogP contribution in [0.25, 0.3) is 11.0 Å². The number of nitrogens with zero attached hydrogens (tertiary/aromatic N) is 4. The summed E-state index contributed by atoms with van der Waals surface area (Å²) in [6.07, 6.45) is 1.71. The zero-order valence-electron chi connectivity index (χ0n) is 18.4. The van der Waals surface area contributed by atoms with Crippen molar-refractivity contribution in [1.29, 1.82) is 0 Å². The van der Waals surface area contributed by atoms with Crippen molar-refractivity contribution in [3.8, 4) is 0 Å². The van der Waals surface area contributed by atoms with Crippen LogP contribution >= 0.6 is 11.3 Å². The number of thiazole rings is 1. The number of rotatable bonds is 6. The van der Waals surface area contributed by atoms with Gasteiger partial charge in [0.05, 0.1) is 28.2 Å². The average molecular weight is 465 g/mol. The van der Waals surface area contributed by atoms with Crippen LogP contribution in [-0.2, 0) is 25.9 Å². The van der Waals surface area contributed by atoms with Crippen LogP contribution in [0, 0.1) is 6.92 Å². The highest BCUT2D eigenvalue weighted by Gasteiger charge is 2.23. The summed E-state index contributed by atoms with van der Waals surface area (Å²) >= 11 is 1.49. The summed E-state index contributed by atoms with van der Waals surface area (Å²) in [5.41, 5.74) is 9.85. The van der Waals surface area contributed by atoms with E-state index in [9.17, 15) is 9.59 Å². The Morgan fingerprint density at radius 1 is 1.24 bits per heavy atom. The van der Waals surface area contributed by atoms with Gasteiger partial charge in [0.2, 0.25) is 0 Å². The van der Waals surface area contributed by atoms with Gasteiger partial charge in [-0.1, -0.05) is 13.0 Å². The quantitative estimate of drug-likeness (QED) is 0.345. The topological polar surface area (TPSA) is 146 Å². The second-order valence-corrected chi connectivity index (χ2v) is 9.14. The fourth-order valence-corrected chi connectivity index (χ4v) is 5.09. The molecule has 0 fully saturated rings. The second-order valence-electron chi connectivity index (χ2n) is 8.06. The standard InChI is InChI=1S/C22H24N8O2S/c1-3-17-24-11(2)15(25-17)9-30-8-7-13-16(10-30)33-22(27-13)29-21(32)12-5-4-6-14-18(12)28-20(26-14)19(23)31/h4-6H,3,7-10H2,1-2H3,(H2,23,31)(H,24,25)(H,26,28)(H,27,29,32). The van der Waals surface area contributed by atoms with Crippen LogP contribution in [0.1, 0.15) is 55.7 Å². The Kier molecular flexibility index (Phi) is 5.43. The molecule has 1 aliphatic rings. The number of hydrogen-bond acceptors (Lipinski definition) is 7. The predicted octanol–water partition coefficient (Wildman–Crippen LogP) is 2.52. The van der Waals surface area contributed by atoms with Crippen LogP contribution in [0.3, 0.4) is 0 Å². The third-order valence-electron chi connectivity index (χ3n) is 5.77.